The second-order valence-corrected chi connectivity index (χ2v) is 5.53. The molecule has 3 N–H and O–H groups in total. The van der Waals surface area contributed by atoms with Crippen molar-refractivity contribution in [2.75, 3.05) is 31.1 Å². The molecule has 0 bridgehead atoms. The Morgan fingerprint density at radius 2 is 1.65 bits per heavy atom. The van der Waals surface area contributed by atoms with E-state index >= 15 is 0 Å². The maximum absolute atomic E-state index is 12.5. The summed E-state index contributed by atoms with van der Waals surface area (Å²) < 4.78 is 0. The monoisotopic (exact) mass is 309 g/mol. The van der Waals surface area contributed by atoms with E-state index in [1.807, 2.05) is 24.3 Å². The number of nitrogens with two attached hydrogens (primary N) is 1. The summed E-state index contributed by atoms with van der Waals surface area (Å²) in [6, 6.07) is 14.2. The van der Waals surface area contributed by atoms with E-state index < -0.39 is 5.91 Å². The molecule has 5 nitrogen and oxygen atoms in total. The van der Waals surface area contributed by atoms with Crippen molar-refractivity contribution < 1.29 is 9.59 Å². The predicted octanol–water partition coefficient (Wildman–Crippen LogP) is 1.43. The zero-order chi connectivity index (χ0) is 16.2. The van der Waals surface area contributed by atoms with Crippen molar-refractivity contribution in [1.29, 1.82) is 0 Å². The van der Waals surface area contributed by atoms with Gasteiger partial charge < -0.3 is 16.0 Å². The Kier molecular flexibility index (Phi) is 4.39. The largest absolute Gasteiger partial charge is 0.368 e. The molecule has 0 aromatic heterocycles. The number of piperazine rings is 1. The van der Waals surface area contributed by atoms with Crippen molar-refractivity contribution in [2.24, 2.45) is 5.73 Å². The number of nitrogens with one attached hydrogen (secondary N) is 1. The molecule has 1 amide bonds. The van der Waals surface area contributed by atoms with Gasteiger partial charge in [-0.05, 0) is 18.2 Å². The van der Waals surface area contributed by atoms with Crippen LogP contribution >= 0.6 is 0 Å². The molecule has 3 rings (SSSR count). The first-order chi connectivity index (χ1) is 11.2. The molecule has 0 radical (unpaired) electrons. The van der Waals surface area contributed by atoms with Crippen LogP contribution < -0.4 is 16.0 Å². The van der Waals surface area contributed by atoms with Crippen molar-refractivity contribution in [3.05, 3.63) is 65.2 Å². The van der Waals surface area contributed by atoms with Crippen LogP contribution in [0.3, 0.4) is 0 Å². The first kappa shape index (κ1) is 15.2. The van der Waals surface area contributed by atoms with Gasteiger partial charge in [0.05, 0.1) is 5.56 Å². The normalized spacial score (nSPS) is 14.5. The molecule has 5 heteroatoms. The molecule has 0 saturated carbocycles. The number of rotatable bonds is 4. The number of anilines is 1. The van der Waals surface area contributed by atoms with Gasteiger partial charge in [-0.25, -0.2) is 0 Å². The summed E-state index contributed by atoms with van der Waals surface area (Å²) in [7, 11) is 0. The molecule has 23 heavy (non-hydrogen) atoms. The minimum absolute atomic E-state index is 0.111. The van der Waals surface area contributed by atoms with Crippen molar-refractivity contribution in [3.63, 3.8) is 0 Å². The number of carbonyl (C=O) groups excluding carboxylic acids is 2. The Balaban J connectivity index is 1.96. The number of ketones is 1. The highest BCUT2D eigenvalue weighted by atomic mass is 16.1. The van der Waals surface area contributed by atoms with E-state index in [4.69, 9.17) is 5.73 Å². The Morgan fingerprint density at radius 3 is 2.30 bits per heavy atom. The van der Waals surface area contributed by atoms with E-state index in [1.54, 1.807) is 24.3 Å². The molecule has 1 saturated heterocycles. The van der Waals surface area contributed by atoms with Crippen LogP contribution in [0, 0.1) is 0 Å². The molecule has 118 valence electrons. The van der Waals surface area contributed by atoms with Crippen molar-refractivity contribution in [2.45, 2.75) is 0 Å². The lowest BCUT2D eigenvalue weighted by Gasteiger charge is -2.30. The predicted molar refractivity (Wildman–Crippen MR) is 89.9 cm³/mol. The number of benzene rings is 2. The highest BCUT2D eigenvalue weighted by Crippen LogP contribution is 2.23. The average molecular weight is 309 g/mol. The van der Waals surface area contributed by atoms with Gasteiger partial charge in [-0.2, -0.15) is 0 Å². The van der Waals surface area contributed by atoms with Crippen LogP contribution in [-0.2, 0) is 0 Å². The molecule has 0 aliphatic carbocycles. The SMILES string of the molecule is NC(=O)c1cc(C(=O)c2ccccc2)ccc1N1CCNCC1. The van der Waals surface area contributed by atoms with E-state index in [0.717, 1.165) is 31.9 Å². The maximum atomic E-state index is 12.5. The molecular weight excluding hydrogens is 290 g/mol. The molecule has 1 heterocycles. The highest BCUT2D eigenvalue weighted by Gasteiger charge is 2.19. The molecule has 1 fully saturated rings. The van der Waals surface area contributed by atoms with Crippen LogP contribution in [0.2, 0.25) is 0 Å². The molecule has 2 aromatic rings. The number of amides is 1. The van der Waals surface area contributed by atoms with Gasteiger partial charge >= 0.3 is 0 Å². The Bertz CT molecular complexity index is 722. The minimum atomic E-state index is -0.513. The third-order valence-electron chi connectivity index (χ3n) is 4.02. The molecule has 0 unspecified atom stereocenters. The summed E-state index contributed by atoms with van der Waals surface area (Å²) in [4.78, 5) is 26.5. The lowest BCUT2D eigenvalue weighted by molar-refractivity contribution is 0.100. The van der Waals surface area contributed by atoms with E-state index in [0.29, 0.717) is 16.7 Å². The zero-order valence-electron chi connectivity index (χ0n) is 12.8. The summed E-state index contributed by atoms with van der Waals surface area (Å²) in [6.07, 6.45) is 0. The summed E-state index contributed by atoms with van der Waals surface area (Å²) in [5.74, 6) is -0.624. The van der Waals surface area contributed by atoms with Crippen LogP contribution in [0.1, 0.15) is 26.3 Å². The Morgan fingerprint density at radius 1 is 0.957 bits per heavy atom. The van der Waals surface area contributed by atoms with Gasteiger partial charge in [-0.3, -0.25) is 9.59 Å². The van der Waals surface area contributed by atoms with Crippen molar-refractivity contribution >= 4 is 17.4 Å². The molecular formula is C18H19N3O2. The summed E-state index contributed by atoms with van der Waals surface area (Å²) in [6.45, 7) is 3.35. The van der Waals surface area contributed by atoms with Crippen LogP contribution in [0.25, 0.3) is 0 Å². The van der Waals surface area contributed by atoms with Gasteiger partial charge in [0.15, 0.2) is 5.78 Å². The third kappa shape index (κ3) is 3.24. The zero-order valence-corrected chi connectivity index (χ0v) is 12.8. The maximum Gasteiger partial charge on any atom is 0.250 e. The van der Waals surface area contributed by atoms with E-state index in [-0.39, 0.29) is 5.78 Å². The summed E-state index contributed by atoms with van der Waals surface area (Å²) >= 11 is 0. The van der Waals surface area contributed by atoms with Crippen LogP contribution in [0.4, 0.5) is 5.69 Å². The van der Waals surface area contributed by atoms with Gasteiger partial charge in [0.2, 0.25) is 0 Å². The summed E-state index contributed by atoms with van der Waals surface area (Å²) in [5.41, 5.74) is 7.80. The fourth-order valence-electron chi connectivity index (χ4n) is 2.81. The minimum Gasteiger partial charge on any atom is -0.368 e. The topological polar surface area (TPSA) is 75.4 Å². The average Bonchev–Trinajstić information content (AvgIpc) is 2.62. The summed E-state index contributed by atoms with van der Waals surface area (Å²) in [5, 5.41) is 3.27. The molecule has 1 aliphatic heterocycles. The smallest absolute Gasteiger partial charge is 0.250 e. The van der Waals surface area contributed by atoms with Gasteiger partial charge in [-0.15, -0.1) is 0 Å². The second-order valence-electron chi connectivity index (χ2n) is 5.53. The van der Waals surface area contributed by atoms with Gasteiger partial charge in [0.1, 0.15) is 0 Å². The Hall–Kier alpha value is -2.66. The van der Waals surface area contributed by atoms with Gasteiger partial charge in [0.25, 0.3) is 5.91 Å². The van der Waals surface area contributed by atoms with Crippen LogP contribution in [-0.4, -0.2) is 37.9 Å². The quantitative estimate of drug-likeness (QED) is 0.838. The van der Waals surface area contributed by atoms with Crippen LogP contribution in [0.5, 0.6) is 0 Å². The third-order valence-corrected chi connectivity index (χ3v) is 4.02. The Labute approximate surface area is 135 Å². The lowest BCUT2D eigenvalue weighted by atomic mass is 9.99. The van der Waals surface area contributed by atoms with E-state index in [1.165, 1.54) is 0 Å². The highest BCUT2D eigenvalue weighted by molar-refractivity contribution is 6.11. The second kappa shape index (κ2) is 6.62. The lowest BCUT2D eigenvalue weighted by Crippen LogP contribution is -2.44. The van der Waals surface area contributed by atoms with E-state index in [9.17, 15) is 9.59 Å². The van der Waals surface area contributed by atoms with Gasteiger partial charge in [0, 0.05) is 43.0 Å². The number of carbonyl (C=O) groups is 2. The number of hydrogen-bond acceptors (Lipinski definition) is 4. The van der Waals surface area contributed by atoms with Crippen molar-refractivity contribution in [3.8, 4) is 0 Å². The first-order valence-corrected chi connectivity index (χ1v) is 7.66. The van der Waals surface area contributed by atoms with Gasteiger partial charge in [-0.1, -0.05) is 30.3 Å². The molecule has 0 atom stereocenters. The molecule has 2 aromatic carbocycles. The number of nitrogens with zero attached hydrogens (tertiary/aromatic N) is 1. The standard InChI is InChI=1S/C18H19N3O2/c19-18(23)15-12-14(17(22)13-4-2-1-3-5-13)6-7-16(15)21-10-8-20-9-11-21/h1-7,12,20H,8-11H2,(H2,19,23). The number of primary amides is 1. The van der Waals surface area contributed by atoms with E-state index in [2.05, 4.69) is 10.2 Å². The van der Waals surface area contributed by atoms with Crippen LogP contribution in [0.15, 0.2) is 48.5 Å². The first-order valence-electron chi connectivity index (χ1n) is 7.66. The molecule has 1 aliphatic rings. The molecule has 0 spiro atoms. The fraction of sp³-hybridized carbons (Fsp3) is 0.222. The van der Waals surface area contributed by atoms with Crippen molar-refractivity contribution in [1.82, 2.24) is 5.32 Å². The number of hydrogen-bond donors (Lipinski definition) is 2. The fourth-order valence-corrected chi connectivity index (χ4v) is 2.81.